The lowest BCUT2D eigenvalue weighted by Gasteiger charge is -2.04. The number of hydrogen-bond acceptors (Lipinski definition) is 5. The van der Waals surface area contributed by atoms with E-state index in [0.29, 0.717) is 23.1 Å². The van der Waals surface area contributed by atoms with Crippen LogP contribution in [0.2, 0.25) is 0 Å². The van der Waals surface area contributed by atoms with Gasteiger partial charge in [0.05, 0.1) is 6.20 Å². The standard InChI is InChI=1S/C12H13N3O2S/c13-9-1-3-10(4-2-9)15-11(16)5-8-18-12-14-6-7-17-12/h1-4,6-7H,5,8,13H2,(H,15,16). The lowest BCUT2D eigenvalue weighted by Crippen LogP contribution is -2.12. The number of anilines is 2. The zero-order valence-corrected chi connectivity index (χ0v) is 10.4. The molecular formula is C12H13N3O2S. The minimum Gasteiger partial charge on any atom is -0.440 e. The second-order valence-corrected chi connectivity index (χ2v) is 4.61. The largest absolute Gasteiger partial charge is 0.440 e. The highest BCUT2D eigenvalue weighted by Gasteiger charge is 2.04. The predicted octanol–water partition coefficient (Wildman–Crippen LogP) is 2.38. The predicted molar refractivity (Wildman–Crippen MR) is 71.3 cm³/mol. The Morgan fingerprint density at radius 1 is 1.39 bits per heavy atom. The number of carbonyl (C=O) groups is 1. The Bertz CT molecular complexity index is 497. The van der Waals surface area contributed by atoms with Crippen LogP contribution in [0.5, 0.6) is 0 Å². The molecule has 1 aromatic heterocycles. The zero-order valence-electron chi connectivity index (χ0n) is 9.63. The fraction of sp³-hybridized carbons (Fsp3) is 0.167. The van der Waals surface area contributed by atoms with Gasteiger partial charge in [-0.2, -0.15) is 0 Å². The Morgan fingerprint density at radius 2 is 2.17 bits per heavy atom. The molecular weight excluding hydrogens is 250 g/mol. The number of oxazole rings is 1. The number of amides is 1. The quantitative estimate of drug-likeness (QED) is 0.639. The lowest BCUT2D eigenvalue weighted by atomic mass is 10.3. The Morgan fingerprint density at radius 3 is 2.83 bits per heavy atom. The molecule has 0 aliphatic rings. The number of nitrogens with two attached hydrogens (primary N) is 1. The summed E-state index contributed by atoms with van der Waals surface area (Å²) in [6.45, 7) is 0. The molecule has 0 unspecified atom stereocenters. The molecule has 2 rings (SSSR count). The molecule has 0 saturated heterocycles. The monoisotopic (exact) mass is 263 g/mol. The first-order valence-electron chi connectivity index (χ1n) is 5.42. The second kappa shape index (κ2) is 6.11. The summed E-state index contributed by atoms with van der Waals surface area (Å²) in [5.41, 5.74) is 6.98. The van der Waals surface area contributed by atoms with E-state index in [2.05, 4.69) is 10.3 Å². The van der Waals surface area contributed by atoms with E-state index >= 15 is 0 Å². The summed E-state index contributed by atoms with van der Waals surface area (Å²) in [6, 6.07) is 7.04. The molecule has 0 radical (unpaired) electrons. The van der Waals surface area contributed by atoms with Crippen molar-refractivity contribution in [2.24, 2.45) is 0 Å². The van der Waals surface area contributed by atoms with Gasteiger partial charge in [0, 0.05) is 23.5 Å². The minimum absolute atomic E-state index is 0.0428. The van der Waals surface area contributed by atoms with Crippen LogP contribution >= 0.6 is 11.8 Å². The number of hydrogen-bond donors (Lipinski definition) is 2. The number of nitrogen functional groups attached to an aromatic ring is 1. The van der Waals surface area contributed by atoms with Gasteiger partial charge in [-0.15, -0.1) is 0 Å². The number of rotatable bonds is 5. The maximum atomic E-state index is 11.6. The highest BCUT2D eigenvalue weighted by molar-refractivity contribution is 7.99. The summed E-state index contributed by atoms with van der Waals surface area (Å²) < 4.78 is 5.05. The van der Waals surface area contributed by atoms with Gasteiger partial charge in [0.1, 0.15) is 6.26 Å². The molecule has 6 heteroatoms. The van der Waals surface area contributed by atoms with E-state index in [1.165, 1.54) is 18.0 Å². The first-order valence-corrected chi connectivity index (χ1v) is 6.40. The average Bonchev–Trinajstić information content (AvgIpc) is 2.85. The van der Waals surface area contributed by atoms with Crippen molar-refractivity contribution in [1.82, 2.24) is 4.98 Å². The van der Waals surface area contributed by atoms with Crippen molar-refractivity contribution in [2.45, 2.75) is 11.6 Å². The van der Waals surface area contributed by atoms with Crippen LogP contribution in [0.3, 0.4) is 0 Å². The number of benzene rings is 1. The summed E-state index contributed by atoms with van der Waals surface area (Å²) in [5.74, 6) is 0.584. The van der Waals surface area contributed by atoms with E-state index in [4.69, 9.17) is 10.2 Å². The van der Waals surface area contributed by atoms with Gasteiger partial charge in [0.25, 0.3) is 5.22 Å². The van der Waals surface area contributed by atoms with Gasteiger partial charge in [0.15, 0.2) is 0 Å². The Balaban J connectivity index is 1.73. The van der Waals surface area contributed by atoms with Gasteiger partial charge in [0.2, 0.25) is 5.91 Å². The number of carbonyl (C=O) groups excluding carboxylic acids is 1. The van der Waals surface area contributed by atoms with Gasteiger partial charge in [-0.25, -0.2) is 4.98 Å². The molecule has 1 heterocycles. The van der Waals surface area contributed by atoms with Gasteiger partial charge in [-0.3, -0.25) is 4.79 Å². The number of thioether (sulfide) groups is 1. The molecule has 5 nitrogen and oxygen atoms in total. The van der Waals surface area contributed by atoms with E-state index in [1.54, 1.807) is 30.5 Å². The van der Waals surface area contributed by atoms with Gasteiger partial charge in [-0.05, 0) is 24.3 Å². The van der Waals surface area contributed by atoms with E-state index in [9.17, 15) is 4.79 Å². The average molecular weight is 263 g/mol. The maximum absolute atomic E-state index is 11.6. The van der Waals surface area contributed by atoms with Gasteiger partial charge < -0.3 is 15.5 Å². The van der Waals surface area contributed by atoms with E-state index in [-0.39, 0.29) is 5.91 Å². The van der Waals surface area contributed by atoms with Crippen LogP contribution in [0, 0.1) is 0 Å². The van der Waals surface area contributed by atoms with Crippen LogP contribution in [-0.4, -0.2) is 16.6 Å². The van der Waals surface area contributed by atoms with Crippen molar-refractivity contribution in [3.8, 4) is 0 Å². The van der Waals surface area contributed by atoms with Crippen LogP contribution in [-0.2, 0) is 4.79 Å². The van der Waals surface area contributed by atoms with Crippen LogP contribution in [0.15, 0.2) is 46.4 Å². The maximum Gasteiger partial charge on any atom is 0.255 e. The molecule has 0 atom stereocenters. The van der Waals surface area contributed by atoms with Gasteiger partial charge >= 0.3 is 0 Å². The number of nitrogens with zero attached hydrogens (tertiary/aromatic N) is 1. The molecule has 1 amide bonds. The molecule has 0 fully saturated rings. The minimum atomic E-state index is -0.0428. The molecule has 0 aliphatic heterocycles. The first kappa shape index (κ1) is 12.5. The Kier molecular flexibility index (Phi) is 4.25. The molecule has 18 heavy (non-hydrogen) atoms. The molecule has 0 bridgehead atoms. The van der Waals surface area contributed by atoms with Crippen LogP contribution in [0.4, 0.5) is 11.4 Å². The smallest absolute Gasteiger partial charge is 0.255 e. The highest BCUT2D eigenvalue weighted by Crippen LogP contribution is 2.16. The highest BCUT2D eigenvalue weighted by atomic mass is 32.2. The molecule has 0 saturated carbocycles. The van der Waals surface area contributed by atoms with Crippen LogP contribution < -0.4 is 11.1 Å². The lowest BCUT2D eigenvalue weighted by molar-refractivity contribution is -0.115. The van der Waals surface area contributed by atoms with Gasteiger partial charge in [-0.1, -0.05) is 11.8 Å². The molecule has 3 N–H and O–H groups in total. The molecule has 2 aromatic rings. The fourth-order valence-electron chi connectivity index (χ4n) is 1.30. The SMILES string of the molecule is Nc1ccc(NC(=O)CCSc2ncco2)cc1. The third kappa shape index (κ3) is 3.81. The molecule has 1 aromatic carbocycles. The summed E-state index contributed by atoms with van der Waals surface area (Å²) >= 11 is 1.41. The zero-order chi connectivity index (χ0) is 12.8. The Hall–Kier alpha value is -1.95. The second-order valence-electron chi connectivity index (χ2n) is 3.57. The fourth-order valence-corrected chi connectivity index (χ4v) is 2.02. The third-order valence-electron chi connectivity index (χ3n) is 2.16. The summed E-state index contributed by atoms with van der Waals surface area (Å²) in [5, 5.41) is 3.37. The normalized spacial score (nSPS) is 10.2. The summed E-state index contributed by atoms with van der Waals surface area (Å²) in [7, 11) is 0. The summed E-state index contributed by atoms with van der Waals surface area (Å²) in [4.78, 5) is 15.6. The first-order chi connectivity index (χ1) is 8.74. The molecule has 94 valence electrons. The Labute approximate surface area is 109 Å². The van der Waals surface area contributed by atoms with Crippen molar-refractivity contribution in [2.75, 3.05) is 16.8 Å². The number of aromatic nitrogens is 1. The van der Waals surface area contributed by atoms with E-state index in [1.807, 2.05) is 0 Å². The van der Waals surface area contributed by atoms with Crippen molar-refractivity contribution in [1.29, 1.82) is 0 Å². The van der Waals surface area contributed by atoms with Crippen molar-refractivity contribution >= 4 is 29.0 Å². The van der Waals surface area contributed by atoms with Crippen molar-refractivity contribution in [3.05, 3.63) is 36.7 Å². The van der Waals surface area contributed by atoms with Crippen molar-refractivity contribution in [3.63, 3.8) is 0 Å². The van der Waals surface area contributed by atoms with Crippen LogP contribution in [0.1, 0.15) is 6.42 Å². The molecule has 0 spiro atoms. The topological polar surface area (TPSA) is 81.1 Å². The van der Waals surface area contributed by atoms with Crippen molar-refractivity contribution < 1.29 is 9.21 Å². The summed E-state index contributed by atoms with van der Waals surface area (Å²) in [6.07, 6.45) is 3.49. The molecule has 0 aliphatic carbocycles. The van der Waals surface area contributed by atoms with E-state index < -0.39 is 0 Å². The third-order valence-corrected chi connectivity index (χ3v) is 3.02. The number of nitrogens with one attached hydrogen (secondary N) is 1. The van der Waals surface area contributed by atoms with E-state index in [0.717, 1.165) is 5.69 Å². The van der Waals surface area contributed by atoms with Crippen LogP contribution in [0.25, 0.3) is 0 Å².